The van der Waals surface area contributed by atoms with Crippen LogP contribution in [0, 0.1) is 0 Å². The van der Waals surface area contributed by atoms with Gasteiger partial charge in [0.05, 0.1) is 0 Å². The van der Waals surface area contributed by atoms with Crippen molar-refractivity contribution in [1.29, 1.82) is 0 Å². The summed E-state index contributed by atoms with van der Waals surface area (Å²) in [6.07, 6.45) is 1.73. The molecule has 0 atom stereocenters. The van der Waals surface area contributed by atoms with Gasteiger partial charge in [-0.3, -0.25) is 4.98 Å². The molecule has 0 saturated heterocycles. The Hall–Kier alpha value is -1.97. The van der Waals surface area contributed by atoms with Gasteiger partial charge < -0.3 is 9.31 Å². The summed E-state index contributed by atoms with van der Waals surface area (Å²) in [5.74, 6) is 1.54. The topological polar surface area (TPSA) is 31.4 Å². The third-order valence-electron chi connectivity index (χ3n) is 2.25. The van der Waals surface area contributed by atoms with Gasteiger partial charge in [-0.25, -0.2) is 0 Å². The Balaban J connectivity index is 1.91. The minimum Gasteiger partial charge on any atom is -0.518 e. The summed E-state index contributed by atoms with van der Waals surface area (Å²) in [5.41, 5.74) is 0.786. The first-order valence-corrected chi connectivity index (χ1v) is 4.77. The van der Waals surface area contributed by atoms with E-state index in [1.54, 1.807) is 6.20 Å². The summed E-state index contributed by atoms with van der Waals surface area (Å²) < 4.78 is 11.2. The Morgan fingerprint density at radius 1 is 0.867 bits per heavy atom. The van der Waals surface area contributed by atoms with E-state index in [1.165, 1.54) is 0 Å². The van der Waals surface area contributed by atoms with Crippen molar-refractivity contribution < 1.29 is 9.31 Å². The van der Waals surface area contributed by atoms with E-state index in [1.807, 2.05) is 42.5 Å². The number of para-hydroxylation sites is 2. The maximum Gasteiger partial charge on any atom is 0.652 e. The lowest BCUT2D eigenvalue weighted by Crippen LogP contribution is -2.40. The first-order valence-electron chi connectivity index (χ1n) is 4.77. The summed E-state index contributed by atoms with van der Waals surface area (Å²) >= 11 is 0. The molecule has 0 aliphatic carbocycles. The van der Waals surface area contributed by atoms with Gasteiger partial charge in [-0.15, -0.1) is 0 Å². The summed E-state index contributed by atoms with van der Waals surface area (Å²) in [6, 6.07) is 13.3. The van der Waals surface area contributed by atoms with Crippen molar-refractivity contribution in [1.82, 2.24) is 4.98 Å². The SMILES string of the molecule is c1ccc(B2Oc3ccccc3O2)nc1. The van der Waals surface area contributed by atoms with Crippen LogP contribution in [0.2, 0.25) is 0 Å². The largest absolute Gasteiger partial charge is 0.652 e. The Morgan fingerprint density at radius 3 is 2.13 bits per heavy atom. The van der Waals surface area contributed by atoms with Crippen LogP contribution in [0.1, 0.15) is 0 Å². The second-order valence-electron chi connectivity index (χ2n) is 3.27. The van der Waals surface area contributed by atoms with Gasteiger partial charge in [0.2, 0.25) is 0 Å². The molecule has 3 rings (SSSR count). The zero-order valence-corrected chi connectivity index (χ0v) is 7.96. The second kappa shape index (κ2) is 3.31. The average molecular weight is 197 g/mol. The molecule has 0 radical (unpaired) electrons. The van der Waals surface area contributed by atoms with Gasteiger partial charge in [0.15, 0.2) is 0 Å². The highest BCUT2D eigenvalue weighted by Gasteiger charge is 2.34. The first-order chi connectivity index (χ1) is 7.43. The van der Waals surface area contributed by atoms with Crippen molar-refractivity contribution >= 4 is 12.7 Å². The van der Waals surface area contributed by atoms with E-state index < -0.39 is 7.12 Å². The number of hydrogen-bond acceptors (Lipinski definition) is 3. The van der Waals surface area contributed by atoms with E-state index in [0.29, 0.717) is 0 Å². The van der Waals surface area contributed by atoms with Crippen LogP contribution < -0.4 is 14.9 Å². The molecule has 72 valence electrons. The number of fused-ring (bicyclic) bond motifs is 1. The Morgan fingerprint density at radius 2 is 1.53 bits per heavy atom. The van der Waals surface area contributed by atoms with Crippen LogP contribution in [0.15, 0.2) is 48.7 Å². The molecular formula is C11H8BNO2. The normalized spacial score (nSPS) is 12.9. The molecule has 0 bridgehead atoms. The van der Waals surface area contributed by atoms with Crippen molar-refractivity contribution in [3.8, 4) is 11.5 Å². The van der Waals surface area contributed by atoms with Crippen molar-refractivity contribution in [2.45, 2.75) is 0 Å². The number of benzene rings is 1. The zero-order chi connectivity index (χ0) is 10.1. The maximum absolute atomic E-state index is 5.61. The van der Waals surface area contributed by atoms with Crippen molar-refractivity contribution in [2.24, 2.45) is 0 Å². The van der Waals surface area contributed by atoms with Crippen molar-refractivity contribution in [3.63, 3.8) is 0 Å². The van der Waals surface area contributed by atoms with Crippen LogP contribution in [-0.2, 0) is 0 Å². The number of nitrogens with zero attached hydrogens (tertiary/aromatic N) is 1. The quantitative estimate of drug-likeness (QED) is 0.644. The lowest BCUT2D eigenvalue weighted by Gasteiger charge is -2.02. The van der Waals surface area contributed by atoms with Crippen LogP contribution in [-0.4, -0.2) is 12.1 Å². The molecule has 1 aliphatic rings. The van der Waals surface area contributed by atoms with Crippen LogP contribution in [0.4, 0.5) is 0 Å². The maximum atomic E-state index is 5.61. The molecule has 15 heavy (non-hydrogen) atoms. The monoisotopic (exact) mass is 197 g/mol. The molecule has 0 unspecified atom stereocenters. The van der Waals surface area contributed by atoms with Gasteiger partial charge in [-0.1, -0.05) is 18.2 Å². The van der Waals surface area contributed by atoms with Crippen molar-refractivity contribution in [2.75, 3.05) is 0 Å². The highest BCUT2D eigenvalue weighted by Crippen LogP contribution is 2.32. The van der Waals surface area contributed by atoms with Crippen LogP contribution in [0.3, 0.4) is 0 Å². The average Bonchev–Trinajstić information content (AvgIpc) is 2.74. The summed E-state index contributed by atoms with van der Waals surface area (Å²) in [6.45, 7) is 0. The van der Waals surface area contributed by atoms with Crippen molar-refractivity contribution in [3.05, 3.63) is 48.7 Å². The van der Waals surface area contributed by atoms with Gasteiger partial charge in [0, 0.05) is 6.20 Å². The molecule has 1 aliphatic heterocycles. The number of rotatable bonds is 1. The van der Waals surface area contributed by atoms with E-state index in [2.05, 4.69) is 4.98 Å². The van der Waals surface area contributed by atoms with E-state index in [-0.39, 0.29) is 0 Å². The number of pyridine rings is 1. The predicted molar refractivity (Wildman–Crippen MR) is 57.3 cm³/mol. The van der Waals surface area contributed by atoms with E-state index in [0.717, 1.165) is 17.1 Å². The minimum absolute atomic E-state index is 0.413. The zero-order valence-electron chi connectivity index (χ0n) is 7.96. The van der Waals surface area contributed by atoms with Crippen LogP contribution in [0.25, 0.3) is 0 Å². The predicted octanol–water partition coefficient (Wildman–Crippen LogP) is 1.25. The van der Waals surface area contributed by atoms with Crippen LogP contribution >= 0.6 is 0 Å². The van der Waals surface area contributed by atoms with E-state index in [4.69, 9.17) is 9.31 Å². The Kier molecular flexibility index (Phi) is 1.84. The highest BCUT2D eigenvalue weighted by molar-refractivity contribution is 6.62. The molecule has 0 fully saturated rings. The van der Waals surface area contributed by atoms with Gasteiger partial charge in [-0.05, 0) is 24.3 Å². The Labute approximate surface area is 87.8 Å². The standard InChI is InChI=1S/C11H8BNO2/c1-2-6-10-9(5-1)14-12(15-10)11-7-3-4-8-13-11/h1-8H. The fourth-order valence-electron chi connectivity index (χ4n) is 1.54. The van der Waals surface area contributed by atoms with E-state index in [9.17, 15) is 0 Å². The molecule has 0 N–H and O–H groups in total. The Bertz CT molecular complexity index is 450. The summed E-state index contributed by atoms with van der Waals surface area (Å²) in [7, 11) is -0.413. The minimum atomic E-state index is -0.413. The molecule has 2 aromatic rings. The summed E-state index contributed by atoms with van der Waals surface area (Å²) in [4.78, 5) is 4.19. The van der Waals surface area contributed by atoms with Gasteiger partial charge in [-0.2, -0.15) is 0 Å². The molecule has 4 heteroatoms. The van der Waals surface area contributed by atoms with Gasteiger partial charge in [0.1, 0.15) is 17.1 Å². The smallest absolute Gasteiger partial charge is 0.518 e. The molecule has 1 aromatic heterocycles. The fraction of sp³-hybridized carbons (Fsp3) is 0. The molecule has 1 aromatic carbocycles. The molecule has 3 nitrogen and oxygen atoms in total. The van der Waals surface area contributed by atoms with Crippen LogP contribution in [0.5, 0.6) is 11.5 Å². The second-order valence-corrected chi connectivity index (χ2v) is 3.27. The molecule has 0 amide bonds. The van der Waals surface area contributed by atoms with E-state index >= 15 is 0 Å². The highest BCUT2D eigenvalue weighted by atomic mass is 16.6. The number of aromatic nitrogens is 1. The van der Waals surface area contributed by atoms with Gasteiger partial charge in [0.25, 0.3) is 0 Å². The molecule has 0 saturated carbocycles. The summed E-state index contributed by atoms with van der Waals surface area (Å²) in [5, 5.41) is 0. The fourth-order valence-corrected chi connectivity index (χ4v) is 1.54. The first kappa shape index (κ1) is 8.35. The molecule has 2 heterocycles. The van der Waals surface area contributed by atoms with Gasteiger partial charge >= 0.3 is 7.12 Å². The lowest BCUT2D eigenvalue weighted by molar-refractivity contribution is 0.517. The number of hydrogen-bond donors (Lipinski definition) is 0. The third kappa shape index (κ3) is 1.44. The lowest BCUT2D eigenvalue weighted by atomic mass is 9.84. The molecular weight excluding hydrogens is 189 g/mol. The molecule has 0 spiro atoms. The third-order valence-corrected chi connectivity index (χ3v) is 2.25.